The third kappa shape index (κ3) is 3.46. The molecule has 2 aliphatic heterocycles. The van der Waals surface area contributed by atoms with Gasteiger partial charge >= 0.3 is 0 Å². The van der Waals surface area contributed by atoms with Crippen molar-refractivity contribution >= 4 is 23.2 Å². The maximum atomic E-state index is 13.3. The normalized spacial score (nSPS) is 22.5. The number of benzene rings is 1. The first-order chi connectivity index (χ1) is 13.1. The van der Waals surface area contributed by atoms with E-state index in [1.807, 2.05) is 51.6 Å². The first-order valence-corrected chi connectivity index (χ1v) is 10.2. The molecule has 1 aromatic heterocycles. The molecule has 0 aliphatic carbocycles. The van der Waals surface area contributed by atoms with Crippen LogP contribution in [0.25, 0.3) is 0 Å². The minimum Gasteiger partial charge on any atom is -0.497 e. The van der Waals surface area contributed by atoms with E-state index in [9.17, 15) is 9.59 Å². The van der Waals surface area contributed by atoms with Crippen molar-refractivity contribution in [1.29, 1.82) is 0 Å². The second kappa shape index (κ2) is 7.35. The predicted octanol–water partition coefficient (Wildman–Crippen LogP) is 3.41. The fraction of sp³-hybridized carbons (Fsp3) is 0.429. The van der Waals surface area contributed by atoms with E-state index in [1.165, 1.54) is 11.3 Å². The van der Waals surface area contributed by atoms with Crippen molar-refractivity contribution in [2.75, 3.05) is 26.7 Å². The molecule has 4 rings (SSSR count). The average molecular weight is 385 g/mol. The van der Waals surface area contributed by atoms with Crippen molar-refractivity contribution in [2.45, 2.75) is 25.8 Å². The average Bonchev–Trinajstić information content (AvgIpc) is 3.36. The molecule has 0 radical (unpaired) electrons. The second-order valence-corrected chi connectivity index (χ2v) is 8.36. The zero-order valence-electron chi connectivity index (χ0n) is 15.5. The first-order valence-electron chi connectivity index (χ1n) is 9.36. The highest BCUT2D eigenvalue weighted by Crippen LogP contribution is 2.41. The lowest BCUT2D eigenvalue weighted by molar-refractivity contribution is -0.146. The zero-order valence-corrected chi connectivity index (χ0v) is 16.3. The molecular weight excluding hydrogens is 360 g/mol. The van der Waals surface area contributed by atoms with Gasteiger partial charge in [0.2, 0.25) is 5.91 Å². The van der Waals surface area contributed by atoms with E-state index in [1.54, 1.807) is 7.11 Å². The summed E-state index contributed by atoms with van der Waals surface area (Å²) in [5.41, 5.74) is 0.661. The number of methoxy groups -OCH3 is 1. The topological polar surface area (TPSA) is 49.9 Å². The second-order valence-electron chi connectivity index (χ2n) is 7.42. The lowest BCUT2D eigenvalue weighted by atomic mass is 9.78. The Labute approximate surface area is 163 Å². The summed E-state index contributed by atoms with van der Waals surface area (Å²) >= 11 is 1.46. The summed E-state index contributed by atoms with van der Waals surface area (Å²) < 4.78 is 5.29. The van der Waals surface area contributed by atoms with E-state index in [4.69, 9.17) is 4.74 Å². The highest BCUT2D eigenvalue weighted by atomic mass is 32.1. The van der Waals surface area contributed by atoms with E-state index in [2.05, 4.69) is 0 Å². The molecule has 1 unspecified atom stereocenters. The van der Waals surface area contributed by atoms with E-state index in [-0.39, 0.29) is 11.8 Å². The van der Waals surface area contributed by atoms with Crippen LogP contribution < -0.4 is 4.74 Å². The largest absolute Gasteiger partial charge is 0.497 e. The Kier molecular flexibility index (Phi) is 4.91. The summed E-state index contributed by atoms with van der Waals surface area (Å²) in [5, 5.41) is 1.92. The number of ether oxygens (including phenoxy) is 1. The van der Waals surface area contributed by atoms with Crippen molar-refractivity contribution in [3.8, 4) is 5.75 Å². The van der Waals surface area contributed by atoms with E-state index < -0.39 is 5.41 Å². The summed E-state index contributed by atoms with van der Waals surface area (Å²) in [6.45, 7) is 2.57. The molecule has 1 atom stereocenters. The number of carbonyl (C=O) groups excluding carboxylic acids is 2. The highest BCUT2D eigenvalue weighted by molar-refractivity contribution is 7.12. The number of piperidine rings is 1. The lowest BCUT2D eigenvalue weighted by Gasteiger charge is -2.39. The zero-order chi connectivity index (χ0) is 18.9. The van der Waals surface area contributed by atoms with Crippen LogP contribution in [0.15, 0.2) is 41.8 Å². The Bertz CT molecular complexity index is 836. The van der Waals surface area contributed by atoms with Gasteiger partial charge in [-0.2, -0.15) is 0 Å². The van der Waals surface area contributed by atoms with Crippen LogP contribution in [0.1, 0.15) is 34.5 Å². The van der Waals surface area contributed by atoms with Crippen LogP contribution in [0, 0.1) is 5.41 Å². The number of thiophene rings is 1. The molecule has 2 aliphatic rings. The van der Waals surface area contributed by atoms with Gasteiger partial charge in [-0.25, -0.2) is 0 Å². The molecule has 2 amide bonds. The number of amides is 2. The van der Waals surface area contributed by atoms with Crippen molar-refractivity contribution in [1.82, 2.24) is 9.80 Å². The number of rotatable bonds is 4. The van der Waals surface area contributed by atoms with Crippen LogP contribution in [0.4, 0.5) is 0 Å². The molecule has 5 nitrogen and oxygen atoms in total. The number of nitrogens with zero attached hydrogens (tertiary/aromatic N) is 2. The van der Waals surface area contributed by atoms with Crippen molar-refractivity contribution in [2.24, 2.45) is 5.41 Å². The molecule has 1 aromatic carbocycles. The van der Waals surface area contributed by atoms with E-state index in [0.717, 1.165) is 42.0 Å². The minimum atomic E-state index is -0.413. The number of hydrogen-bond donors (Lipinski definition) is 0. The molecule has 1 spiro atoms. The lowest BCUT2D eigenvalue weighted by Crippen LogP contribution is -2.50. The quantitative estimate of drug-likeness (QED) is 0.812. The Morgan fingerprint density at radius 3 is 2.89 bits per heavy atom. The fourth-order valence-corrected chi connectivity index (χ4v) is 4.97. The maximum absolute atomic E-state index is 13.3. The molecule has 2 saturated heterocycles. The SMILES string of the molecule is COc1cccc(CN2CCCC3(CCN(C(=O)c4cccs4)C3)C2=O)c1. The molecule has 2 aromatic rings. The van der Waals surface area contributed by atoms with Crippen LogP contribution in [0.5, 0.6) is 5.75 Å². The van der Waals surface area contributed by atoms with Gasteiger partial charge in [-0.05, 0) is 48.4 Å². The summed E-state index contributed by atoms with van der Waals surface area (Å²) in [4.78, 5) is 30.6. The minimum absolute atomic E-state index is 0.0552. The van der Waals surface area contributed by atoms with Gasteiger partial charge in [0.05, 0.1) is 17.4 Å². The number of likely N-dealkylation sites (tertiary alicyclic amines) is 2. The molecule has 0 bridgehead atoms. The van der Waals surface area contributed by atoms with Gasteiger partial charge in [-0.15, -0.1) is 11.3 Å². The van der Waals surface area contributed by atoms with Crippen molar-refractivity contribution in [3.05, 3.63) is 52.2 Å². The maximum Gasteiger partial charge on any atom is 0.263 e. The van der Waals surface area contributed by atoms with E-state index >= 15 is 0 Å². The van der Waals surface area contributed by atoms with Crippen LogP contribution in [0.2, 0.25) is 0 Å². The molecule has 0 N–H and O–H groups in total. The van der Waals surface area contributed by atoms with Gasteiger partial charge in [0, 0.05) is 26.2 Å². The van der Waals surface area contributed by atoms with Gasteiger partial charge in [0.1, 0.15) is 5.75 Å². The third-order valence-corrected chi connectivity index (χ3v) is 6.56. The molecule has 6 heteroatoms. The van der Waals surface area contributed by atoms with Gasteiger partial charge < -0.3 is 14.5 Å². The summed E-state index contributed by atoms with van der Waals surface area (Å²) in [7, 11) is 1.65. The fourth-order valence-electron chi connectivity index (χ4n) is 4.27. The van der Waals surface area contributed by atoms with Gasteiger partial charge in [-0.1, -0.05) is 18.2 Å². The van der Waals surface area contributed by atoms with Crippen LogP contribution in [-0.2, 0) is 11.3 Å². The summed E-state index contributed by atoms with van der Waals surface area (Å²) in [6.07, 6.45) is 2.61. The molecule has 3 heterocycles. The van der Waals surface area contributed by atoms with Gasteiger partial charge in [0.25, 0.3) is 5.91 Å². The van der Waals surface area contributed by atoms with Crippen LogP contribution >= 0.6 is 11.3 Å². The molecule has 142 valence electrons. The standard InChI is InChI=1S/C21H24N2O3S/c1-26-17-6-2-5-16(13-17)14-22-10-4-8-21(20(22)25)9-11-23(15-21)19(24)18-7-3-12-27-18/h2-3,5-7,12-13H,4,8-11,14-15H2,1H3. The Morgan fingerprint density at radius 2 is 2.11 bits per heavy atom. The smallest absolute Gasteiger partial charge is 0.263 e. The Hall–Kier alpha value is -2.34. The number of carbonyl (C=O) groups is 2. The Balaban J connectivity index is 1.47. The van der Waals surface area contributed by atoms with Gasteiger partial charge in [0.15, 0.2) is 0 Å². The number of hydrogen-bond acceptors (Lipinski definition) is 4. The summed E-state index contributed by atoms with van der Waals surface area (Å²) in [5.74, 6) is 1.05. The monoisotopic (exact) mass is 384 g/mol. The van der Waals surface area contributed by atoms with Crippen molar-refractivity contribution < 1.29 is 14.3 Å². The van der Waals surface area contributed by atoms with Crippen LogP contribution in [0.3, 0.4) is 0 Å². The molecule has 27 heavy (non-hydrogen) atoms. The van der Waals surface area contributed by atoms with E-state index in [0.29, 0.717) is 19.6 Å². The van der Waals surface area contributed by atoms with Gasteiger partial charge in [-0.3, -0.25) is 9.59 Å². The molecule has 0 saturated carbocycles. The van der Waals surface area contributed by atoms with Crippen LogP contribution in [-0.4, -0.2) is 48.4 Å². The third-order valence-electron chi connectivity index (χ3n) is 5.70. The Morgan fingerprint density at radius 1 is 1.22 bits per heavy atom. The molecule has 2 fully saturated rings. The summed E-state index contributed by atoms with van der Waals surface area (Å²) in [6, 6.07) is 11.6. The first kappa shape index (κ1) is 18.0. The predicted molar refractivity (Wildman–Crippen MR) is 105 cm³/mol. The highest BCUT2D eigenvalue weighted by Gasteiger charge is 2.49. The molecular formula is C21H24N2O3S. The van der Waals surface area contributed by atoms with Crippen molar-refractivity contribution in [3.63, 3.8) is 0 Å².